The van der Waals surface area contributed by atoms with Crippen LogP contribution in [0.3, 0.4) is 0 Å². The predicted molar refractivity (Wildman–Crippen MR) is 231 cm³/mol. The van der Waals surface area contributed by atoms with Crippen molar-refractivity contribution in [1.82, 2.24) is 39.1 Å². The number of primary amides is 2. The van der Waals surface area contributed by atoms with E-state index in [1.807, 2.05) is 20.8 Å². The molecule has 6 heterocycles. The second kappa shape index (κ2) is 20.7. The maximum Gasteiger partial charge on any atom is 0.410 e. The molecule has 0 saturated carbocycles. The van der Waals surface area contributed by atoms with Gasteiger partial charge in [0.05, 0.1) is 0 Å². The molecule has 0 unspecified atom stereocenters. The number of carbonyl (C=O) groups is 3. The number of nitrogens with two attached hydrogens (primary N) is 2. The van der Waals surface area contributed by atoms with Crippen LogP contribution in [-0.4, -0.2) is 147 Å². The molecule has 0 radical (unpaired) electrons. The van der Waals surface area contributed by atoms with Gasteiger partial charge in [-0.3, -0.25) is 42.8 Å². The van der Waals surface area contributed by atoms with E-state index in [1.54, 1.807) is 19.0 Å². The fourth-order valence-corrected chi connectivity index (χ4v) is 9.50. The normalized spacial score (nSPS) is 21.2. The number of rotatable bonds is 8. The van der Waals surface area contributed by atoms with E-state index < -0.39 is 28.5 Å². The highest BCUT2D eigenvalue weighted by Gasteiger charge is 2.37. The van der Waals surface area contributed by atoms with Gasteiger partial charge in [0.25, 0.3) is 22.9 Å². The zero-order valence-corrected chi connectivity index (χ0v) is 37.4. The molecule has 336 valence electrons. The highest BCUT2D eigenvalue weighted by Crippen LogP contribution is 2.30. The molecule has 5 N–H and O–H groups in total. The van der Waals surface area contributed by atoms with Crippen LogP contribution >= 0.6 is 23.2 Å². The van der Waals surface area contributed by atoms with E-state index in [0.717, 1.165) is 65.0 Å². The summed E-state index contributed by atoms with van der Waals surface area (Å²) in [6.45, 7) is 18.1. The van der Waals surface area contributed by atoms with E-state index in [-0.39, 0.29) is 38.5 Å². The molecule has 3 amide bonds. The molecule has 0 aliphatic carbocycles. The number of halogens is 3. The zero-order chi connectivity index (χ0) is 43.3. The second-order valence-corrected chi connectivity index (χ2v) is 17.5. The molecule has 2 atom stereocenters. The standard InChI is InChI=1S/C22H35ClN6O4.C17H27ClN6O2.FH/c1-6-14-13-28(19-17(23)25-16(18(24)30)20(31)26(19)5)11-12-29(14)15-7-9-27(10-8-15)21(32)33-22(2,3)4;1-3-11-10-23(8-9-24(11)12-4-6-20-7-5-12)16-14(18)21-13(15(19)25)17(26)22(16)2;/h14-15H,6-13H2,1-5H3,(H2,24,30);11-12,20H,3-10H2,1-2H3,(H2,19,25);1H/t14-;11-;/m00./s1. The molecule has 4 saturated heterocycles. The number of amides is 3. The molecule has 4 aliphatic rings. The zero-order valence-electron chi connectivity index (χ0n) is 35.9. The summed E-state index contributed by atoms with van der Waals surface area (Å²) >= 11 is 12.7. The number of piperidine rings is 2. The van der Waals surface area contributed by atoms with Crippen molar-refractivity contribution in [3.63, 3.8) is 0 Å². The van der Waals surface area contributed by atoms with Gasteiger partial charge < -0.3 is 36.2 Å². The quantitative estimate of drug-likeness (QED) is 0.348. The average Bonchev–Trinajstić information content (AvgIpc) is 3.20. The highest BCUT2D eigenvalue weighted by molar-refractivity contribution is 6.32. The number of likely N-dealkylation sites (tertiary alicyclic amines) is 1. The van der Waals surface area contributed by atoms with Crippen LogP contribution in [-0.2, 0) is 18.8 Å². The summed E-state index contributed by atoms with van der Waals surface area (Å²) in [5.74, 6) is -0.686. The van der Waals surface area contributed by atoms with E-state index in [4.69, 9.17) is 39.4 Å². The molecule has 2 aromatic heterocycles. The van der Waals surface area contributed by atoms with E-state index in [2.05, 4.69) is 48.7 Å². The van der Waals surface area contributed by atoms with Crippen LogP contribution in [0, 0.1) is 0 Å². The fourth-order valence-electron chi connectivity index (χ4n) is 8.84. The Labute approximate surface area is 360 Å². The van der Waals surface area contributed by atoms with Crippen molar-refractivity contribution in [2.45, 2.75) is 103 Å². The Hall–Kier alpha value is -4.04. The third-order valence-corrected chi connectivity index (χ3v) is 12.4. The summed E-state index contributed by atoms with van der Waals surface area (Å²) in [5.41, 5.74) is 8.26. The summed E-state index contributed by atoms with van der Waals surface area (Å²) < 4.78 is 8.26. The van der Waals surface area contributed by atoms with E-state index in [1.165, 1.54) is 22.0 Å². The molecule has 4 fully saturated rings. The van der Waals surface area contributed by atoms with Gasteiger partial charge >= 0.3 is 6.09 Å². The molecule has 0 bridgehead atoms. The molecule has 6 rings (SSSR count). The lowest BCUT2D eigenvalue weighted by atomic mass is 9.98. The van der Waals surface area contributed by atoms with Crippen molar-refractivity contribution >= 4 is 52.7 Å². The first-order valence-corrected chi connectivity index (χ1v) is 21.4. The van der Waals surface area contributed by atoms with Crippen LogP contribution in [0.5, 0.6) is 0 Å². The number of anilines is 2. The van der Waals surface area contributed by atoms with Gasteiger partial charge in [-0.1, -0.05) is 37.0 Å². The number of aromatic nitrogens is 4. The van der Waals surface area contributed by atoms with E-state index in [9.17, 15) is 24.0 Å². The molecule has 4 aliphatic heterocycles. The number of hydrogen-bond donors (Lipinski definition) is 3. The maximum atomic E-state index is 12.5. The van der Waals surface area contributed by atoms with Crippen molar-refractivity contribution in [2.24, 2.45) is 25.6 Å². The summed E-state index contributed by atoms with van der Waals surface area (Å²) in [6, 6.07) is 1.65. The topological polar surface area (TPSA) is 210 Å². The van der Waals surface area contributed by atoms with E-state index in [0.29, 0.717) is 55.9 Å². The smallest absolute Gasteiger partial charge is 0.410 e. The molecule has 18 nitrogen and oxygen atoms in total. The molecule has 0 spiro atoms. The highest BCUT2D eigenvalue weighted by atomic mass is 35.5. The van der Waals surface area contributed by atoms with Crippen molar-refractivity contribution in [3.05, 3.63) is 42.4 Å². The van der Waals surface area contributed by atoms with Crippen LogP contribution < -0.4 is 37.7 Å². The van der Waals surface area contributed by atoms with Crippen LogP contribution in [0.25, 0.3) is 0 Å². The molecule has 0 aromatic carbocycles. The van der Waals surface area contributed by atoms with E-state index >= 15 is 0 Å². The third kappa shape index (κ3) is 11.1. The first-order valence-electron chi connectivity index (χ1n) is 20.7. The molecular weight excluding hydrogens is 822 g/mol. The Morgan fingerprint density at radius 1 is 0.717 bits per heavy atom. The van der Waals surface area contributed by atoms with Crippen LogP contribution in [0.4, 0.5) is 21.1 Å². The summed E-state index contributed by atoms with van der Waals surface area (Å²) in [5, 5.41) is 3.66. The number of carbonyl (C=O) groups excluding carboxylic acids is 3. The average molecular weight is 886 g/mol. The minimum Gasteiger partial charge on any atom is -0.444 e. The summed E-state index contributed by atoms with van der Waals surface area (Å²) in [7, 11) is 3.19. The lowest BCUT2D eigenvalue weighted by Crippen LogP contribution is -2.59. The number of ether oxygens (including phenoxy) is 1. The third-order valence-electron chi connectivity index (χ3n) is 11.9. The SMILES string of the molecule is CC[C@H]1CN(c2c(Cl)nc(C(N)=O)c(=O)n2C)CCN1C1CCN(C(=O)OC(C)(C)C)CC1.CC[C@H]1CN(c2c(Cl)nc(C(N)=O)c(=O)n2C)CCN1C1CCNCC1.F. The second-order valence-electron chi connectivity index (χ2n) is 16.8. The minimum atomic E-state index is -0.891. The number of nitrogens with one attached hydrogen (secondary N) is 1. The number of nitrogens with zero attached hydrogens (tertiary/aromatic N) is 9. The van der Waals surface area contributed by atoms with Gasteiger partial charge in [0, 0.05) is 90.6 Å². The van der Waals surface area contributed by atoms with Crippen molar-refractivity contribution in [3.8, 4) is 0 Å². The monoisotopic (exact) mass is 884 g/mol. The Morgan fingerprint density at radius 2 is 1.12 bits per heavy atom. The molecule has 21 heteroatoms. The largest absolute Gasteiger partial charge is 0.444 e. The fraction of sp³-hybridized carbons (Fsp3) is 0.718. The maximum absolute atomic E-state index is 12.5. The van der Waals surface area contributed by atoms with Gasteiger partial charge in [-0.2, -0.15) is 0 Å². The molecular formula is C39H63Cl2FN12O6. The number of piperazine rings is 2. The molecule has 2 aromatic rings. The lowest BCUT2D eigenvalue weighted by Gasteiger charge is -2.48. The Morgan fingerprint density at radius 3 is 1.48 bits per heavy atom. The Bertz CT molecular complexity index is 1960. The summed E-state index contributed by atoms with van der Waals surface area (Å²) in [6.07, 6.45) is 5.84. The Balaban J connectivity index is 0.000000267. The minimum absolute atomic E-state index is 0. The Kier molecular flexibility index (Phi) is 16.8. The van der Waals surface area contributed by atoms with Gasteiger partial charge in [-0.15, -0.1) is 0 Å². The molecule has 60 heavy (non-hydrogen) atoms. The van der Waals surface area contributed by atoms with Crippen LogP contribution in [0.1, 0.15) is 94.1 Å². The van der Waals surface area contributed by atoms with Gasteiger partial charge in [0.1, 0.15) is 17.2 Å². The summed E-state index contributed by atoms with van der Waals surface area (Å²) in [4.78, 5) is 79.2. The van der Waals surface area contributed by atoms with Crippen molar-refractivity contribution in [2.75, 3.05) is 75.2 Å². The van der Waals surface area contributed by atoms with Crippen molar-refractivity contribution < 1.29 is 23.8 Å². The van der Waals surface area contributed by atoms with Crippen molar-refractivity contribution in [1.29, 1.82) is 0 Å². The van der Waals surface area contributed by atoms with Gasteiger partial charge in [-0.05, 0) is 72.4 Å². The van der Waals surface area contributed by atoms with Gasteiger partial charge in [0.15, 0.2) is 21.7 Å². The number of hydrogen-bond acceptors (Lipinski definition) is 13. The van der Waals surface area contributed by atoms with Gasteiger partial charge in [0.2, 0.25) is 0 Å². The predicted octanol–water partition coefficient (Wildman–Crippen LogP) is 2.17. The van der Waals surface area contributed by atoms with Gasteiger partial charge in [-0.25, -0.2) is 14.8 Å². The van der Waals surface area contributed by atoms with Crippen LogP contribution in [0.2, 0.25) is 10.3 Å². The lowest BCUT2D eigenvalue weighted by molar-refractivity contribution is 0.00940. The first kappa shape index (κ1) is 48.6. The van der Waals surface area contributed by atoms with Crippen LogP contribution in [0.15, 0.2) is 9.59 Å². The first-order chi connectivity index (χ1) is 27.9.